The Morgan fingerprint density at radius 1 is 1.25 bits per heavy atom. The zero-order valence-corrected chi connectivity index (χ0v) is 8.35. The van der Waals surface area contributed by atoms with E-state index in [1.54, 1.807) is 7.11 Å². The number of aryl methyl sites for hydroxylation is 2. The summed E-state index contributed by atoms with van der Waals surface area (Å²) in [6, 6.07) is 3.84. The Morgan fingerprint density at radius 3 is 2.08 bits per heavy atom. The van der Waals surface area contributed by atoms with Crippen LogP contribution in [0.2, 0.25) is 0 Å². The zero-order valence-electron chi connectivity index (χ0n) is 7.46. The van der Waals surface area contributed by atoms with E-state index in [0.717, 1.165) is 21.8 Å². The van der Waals surface area contributed by atoms with Crippen molar-refractivity contribution in [3.63, 3.8) is 0 Å². The van der Waals surface area contributed by atoms with Crippen LogP contribution in [0.15, 0.2) is 17.0 Å². The van der Waals surface area contributed by atoms with Gasteiger partial charge in [-0.2, -0.15) is 4.55 Å². The van der Waals surface area contributed by atoms with Crippen LogP contribution in [0, 0.1) is 13.8 Å². The van der Waals surface area contributed by atoms with Crippen molar-refractivity contribution in [1.82, 2.24) is 0 Å². The molecule has 1 N–H and O–H groups in total. The fraction of sp³-hybridized carbons (Fsp3) is 0.333. The summed E-state index contributed by atoms with van der Waals surface area (Å²) in [5.41, 5.74) is 2.13. The van der Waals surface area contributed by atoms with Crippen molar-refractivity contribution >= 4 is 12.0 Å². The van der Waals surface area contributed by atoms with Gasteiger partial charge in [0.2, 0.25) is 0 Å². The minimum Gasteiger partial charge on any atom is -0.497 e. The van der Waals surface area contributed by atoms with Gasteiger partial charge in [-0.25, -0.2) is 0 Å². The molecule has 0 saturated heterocycles. The van der Waals surface area contributed by atoms with E-state index in [1.165, 1.54) is 0 Å². The molecule has 0 aromatic heterocycles. The average molecular weight is 185 g/mol. The average Bonchev–Trinajstić information content (AvgIpc) is 2.03. The van der Waals surface area contributed by atoms with Gasteiger partial charge in [-0.05, 0) is 26.0 Å². The Kier molecular flexibility index (Phi) is 3.00. The lowest BCUT2D eigenvalue weighted by atomic mass is 10.1. The number of thiol groups is 1. The molecule has 1 aromatic rings. The number of rotatable bonds is 2. The largest absolute Gasteiger partial charge is 0.497 e. The highest BCUT2D eigenvalue weighted by atomic mass is 32.2. The van der Waals surface area contributed by atoms with Crippen LogP contribution in [-0.4, -0.2) is 11.7 Å². The first-order valence-electron chi connectivity index (χ1n) is 3.69. The molecule has 2 nitrogen and oxygen atoms in total. The van der Waals surface area contributed by atoms with Crippen LogP contribution < -0.4 is 4.74 Å². The summed E-state index contributed by atoms with van der Waals surface area (Å²) in [5, 5.41) is 0. The minimum absolute atomic E-state index is 0.328. The zero-order chi connectivity index (χ0) is 9.14. The van der Waals surface area contributed by atoms with Gasteiger partial charge in [-0.1, -0.05) is 0 Å². The van der Waals surface area contributed by atoms with Crippen LogP contribution in [0.4, 0.5) is 0 Å². The van der Waals surface area contributed by atoms with Crippen molar-refractivity contribution in [3.05, 3.63) is 23.3 Å². The molecule has 0 aliphatic carbocycles. The molecule has 0 saturated carbocycles. The van der Waals surface area contributed by atoms with Gasteiger partial charge in [0.15, 0.2) is 16.9 Å². The second kappa shape index (κ2) is 3.83. The maximum atomic E-state index is 8.99. The number of methoxy groups -OCH3 is 1. The number of benzene rings is 1. The van der Waals surface area contributed by atoms with Gasteiger partial charge in [-0.3, -0.25) is 0 Å². The van der Waals surface area contributed by atoms with E-state index in [9.17, 15) is 0 Å². The fourth-order valence-corrected chi connectivity index (χ4v) is 1.64. The maximum absolute atomic E-state index is 8.99. The SMILES string of the molecule is COc1cc(C)c([SH+]O)c(C)c1. The summed E-state index contributed by atoms with van der Waals surface area (Å²) in [6.07, 6.45) is 0. The number of ether oxygens (including phenoxy) is 1. The third-order valence-corrected chi connectivity index (χ3v) is 2.71. The molecule has 0 radical (unpaired) electrons. The highest BCUT2D eigenvalue weighted by molar-refractivity contribution is 7.72. The Morgan fingerprint density at radius 2 is 1.75 bits per heavy atom. The normalized spacial score (nSPS) is 10.0. The van der Waals surface area contributed by atoms with E-state index >= 15 is 0 Å². The van der Waals surface area contributed by atoms with Crippen LogP contribution in [0.3, 0.4) is 0 Å². The summed E-state index contributed by atoms with van der Waals surface area (Å²) in [5.74, 6) is 0.845. The lowest BCUT2D eigenvalue weighted by Crippen LogP contribution is -1.93. The third-order valence-electron chi connectivity index (χ3n) is 1.80. The van der Waals surface area contributed by atoms with Crippen LogP contribution in [0.1, 0.15) is 11.1 Å². The standard InChI is InChI=1S/C9H12O2S/c1-6-4-8(11-3)5-7(2)9(6)12-10/h4-5,10H,1-3H3/p+1. The second-order valence-corrected chi connectivity index (χ2v) is 3.36. The molecule has 0 amide bonds. The molecule has 0 spiro atoms. The van der Waals surface area contributed by atoms with Crippen LogP contribution >= 0.6 is 0 Å². The molecule has 0 atom stereocenters. The van der Waals surface area contributed by atoms with Gasteiger partial charge in [0, 0.05) is 11.1 Å². The Balaban J connectivity index is 3.18. The van der Waals surface area contributed by atoms with Gasteiger partial charge < -0.3 is 4.74 Å². The van der Waals surface area contributed by atoms with Crippen LogP contribution in [-0.2, 0) is 12.0 Å². The molecule has 1 rings (SSSR count). The van der Waals surface area contributed by atoms with E-state index < -0.39 is 0 Å². The molecular formula is C9H13O2S+. The van der Waals surface area contributed by atoms with Crippen molar-refractivity contribution in [1.29, 1.82) is 0 Å². The predicted octanol–water partition coefficient (Wildman–Crippen LogP) is 1.96. The van der Waals surface area contributed by atoms with Crippen molar-refractivity contribution in [3.8, 4) is 5.75 Å². The van der Waals surface area contributed by atoms with Crippen molar-refractivity contribution in [2.24, 2.45) is 0 Å². The fourth-order valence-electron chi connectivity index (χ4n) is 1.19. The Hall–Kier alpha value is -0.670. The van der Waals surface area contributed by atoms with Crippen molar-refractivity contribution < 1.29 is 9.29 Å². The first-order chi connectivity index (χ1) is 5.69. The van der Waals surface area contributed by atoms with E-state index in [-0.39, 0.29) is 0 Å². The quantitative estimate of drug-likeness (QED) is 0.563. The topological polar surface area (TPSA) is 29.5 Å². The van der Waals surface area contributed by atoms with Gasteiger partial charge >= 0.3 is 0 Å². The molecule has 0 bridgehead atoms. The summed E-state index contributed by atoms with van der Waals surface area (Å²) in [4.78, 5) is 0.968. The van der Waals surface area contributed by atoms with Crippen LogP contribution in [0.25, 0.3) is 0 Å². The van der Waals surface area contributed by atoms with Gasteiger partial charge in [-0.15, -0.1) is 0 Å². The van der Waals surface area contributed by atoms with Crippen LogP contribution in [0.5, 0.6) is 5.75 Å². The highest BCUT2D eigenvalue weighted by Crippen LogP contribution is 2.22. The smallest absolute Gasteiger partial charge is 0.193 e. The van der Waals surface area contributed by atoms with Crippen molar-refractivity contribution in [2.45, 2.75) is 18.7 Å². The molecule has 0 aliphatic rings. The molecule has 0 fully saturated rings. The molecular weight excluding hydrogens is 172 g/mol. The lowest BCUT2D eigenvalue weighted by Gasteiger charge is -2.03. The molecule has 3 heteroatoms. The first-order valence-corrected chi connectivity index (χ1v) is 4.54. The molecule has 0 aliphatic heterocycles. The van der Waals surface area contributed by atoms with E-state index in [4.69, 9.17) is 9.29 Å². The maximum Gasteiger partial charge on any atom is 0.193 e. The monoisotopic (exact) mass is 185 g/mol. The molecule has 66 valence electrons. The highest BCUT2D eigenvalue weighted by Gasteiger charge is 2.11. The molecule has 0 unspecified atom stereocenters. The minimum atomic E-state index is 0.328. The lowest BCUT2D eigenvalue weighted by molar-refractivity contribution is 0.413. The molecule has 12 heavy (non-hydrogen) atoms. The Labute approximate surface area is 76.8 Å². The summed E-state index contributed by atoms with van der Waals surface area (Å²) >= 11 is 0.328. The Bertz CT molecular complexity index is 261. The van der Waals surface area contributed by atoms with Crippen molar-refractivity contribution in [2.75, 3.05) is 7.11 Å². The van der Waals surface area contributed by atoms with E-state index in [1.807, 2.05) is 26.0 Å². The summed E-state index contributed by atoms with van der Waals surface area (Å²) in [6.45, 7) is 3.93. The van der Waals surface area contributed by atoms with Gasteiger partial charge in [0.25, 0.3) is 0 Å². The second-order valence-electron chi connectivity index (χ2n) is 2.71. The van der Waals surface area contributed by atoms with Gasteiger partial charge in [0.05, 0.1) is 7.11 Å². The summed E-state index contributed by atoms with van der Waals surface area (Å²) < 4.78 is 14.1. The molecule has 1 aromatic carbocycles. The van der Waals surface area contributed by atoms with Gasteiger partial charge in [0.1, 0.15) is 5.75 Å². The summed E-state index contributed by atoms with van der Waals surface area (Å²) in [7, 11) is 1.64. The molecule has 0 heterocycles. The predicted molar refractivity (Wildman–Crippen MR) is 52.1 cm³/mol. The van der Waals surface area contributed by atoms with E-state index in [0.29, 0.717) is 12.0 Å². The third kappa shape index (κ3) is 1.73. The number of hydrogen-bond donors (Lipinski definition) is 1. The first kappa shape index (κ1) is 9.42. The number of hydrogen-bond acceptors (Lipinski definition) is 2. The van der Waals surface area contributed by atoms with E-state index in [2.05, 4.69) is 0 Å².